The molecule has 40 heavy (non-hydrogen) atoms. The SMILES string of the molecule is COc1cc(-c2ccc(NC(=O)/C=C/c3ccccc3Cl)c(OC)c2)ccc1NC(=O)/C=C/c1ccccc1Cl. The van der Waals surface area contributed by atoms with Crippen molar-refractivity contribution in [3.8, 4) is 22.6 Å². The predicted octanol–water partition coefficient (Wildman–Crippen LogP) is 7.98. The molecule has 2 N–H and O–H groups in total. The Morgan fingerprint density at radius 3 is 1.40 bits per heavy atom. The van der Waals surface area contributed by atoms with E-state index >= 15 is 0 Å². The zero-order valence-corrected chi connectivity index (χ0v) is 23.3. The number of rotatable bonds is 9. The van der Waals surface area contributed by atoms with E-state index in [0.29, 0.717) is 32.9 Å². The minimum atomic E-state index is -0.323. The van der Waals surface area contributed by atoms with Crippen molar-refractivity contribution in [3.63, 3.8) is 0 Å². The van der Waals surface area contributed by atoms with E-state index in [1.807, 2.05) is 60.7 Å². The van der Waals surface area contributed by atoms with Gasteiger partial charge in [-0.2, -0.15) is 0 Å². The summed E-state index contributed by atoms with van der Waals surface area (Å²) in [7, 11) is 3.06. The number of carbonyl (C=O) groups excluding carboxylic acids is 2. The van der Waals surface area contributed by atoms with E-state index in [-0.39, 0.29) is 11.8 Å². The number of nitrogens with one attached hydrogen (secondary N) is 2. The smallest absolute Gasteiger partial charge is 0.248 e. The maximum Gasteiger partial charge on any atom is 0.248 e. The number of benzene rings is 4. The molecule has 0 heterocycles. The highest BCUT2D eigenvalue weighted by atomic mass is 35.5. The van der Waals surface area contributed by atoms with Gasteiger partial charge in [0.25, 0.3) is 0 Å². The largest absolute Gasteiger partial charge is 0.495 e. The molecule has 0 atom stereocenters. The first-order chi connectivity index (χ1) is 19.4. The lowest BCUT2D eigenvalue weighted by Crippen LogP contribution is -2.09. The molecule has 0 spiro atoms. The fraction of sp³-hybridized carbons (Fsp3) is 0.0625. The normalized spacial score (nSPS) is 11.0. The molecule has 4 aromatic carbocycles. The van der Waals surface area contributed by atoms with Gasteiger partial charge in [-0.1, -0.05) is 71.7 Å². The first kappa shape index (κ1) is 28.5. The fourth-order valence-electron chi connectivity index (χ4n) is 3.85. The van der Waals surface area contributed by atoms with Crippen LogP contribution in [0.25, 0.3) is 23.3 Å². The third kappa shape index (κ3) is 7.32. The zero-order valence-electron chi connectivity index (χ0n) is 21.8. The number of methoxy groups -OCH3 is 2. The summed E-state index contributed by atoms with van der Waals surface area (Å²) in [6.45, 7) is 0. The Morgan fingerprint density at radius 1 is 0.625 bits per heavy atom. The van der Waals surface area contributed by atoms with Gasteiger partial charge in [-0.05, 0) is 70.8 Å². The number of amides is 2. The Labute approximate surface area is 242 Å². The van der Waals surface area contributed by atoms with Crippen LogP contribution in [-0.2, 0) is 9.59 Å². The Bertz CT molecular complexity index is 1480. The van der Waals surface area contributed by atoms with E-state index in [1.54, 1.807) is 36.4 Å². The van der Waals surface area contributed by atoms with Crippen LogP contribution in [0.1, 0.15) is 11.1 Å². The third-order valence-corrected chi connectivity index (χ3v) is 6.58. The summed E-state index contributed by atoms with van der Waals surface area (Å²) >= 11 is 12.3. The van der Waals surface area contributed by atoms with Gasteiger partial charge in [0.1, 0.15) is 11.5 Å². The van der Waals surface area contributed by atoms with Gasteiger partial charge in [-0.25, -0.2) is 0 Å². The van der Waals surface area contributed by atoms with E-state index < -0.39 is 0 Å². The minimum Gasteiger partial charge on any atom is -0.495 e. The van der Waals surface area contributed by atoms with Crippen molar-refractivity contribution in [2.24, 2.45) is 0 Å². The van der Waals surface area contributed by atoms with Gasteiger partial charge in [0, 0.05) is 22.2 Å². The molecule has 0 aliphatic rings. The quantitative estimate of drug-likeness (QED) is 0.199. The average Bonchev–Trinajstić information content (AvgIpc) is 2.96. The van der Waals surface area contributed by atoms with E-state index in [0.717, 1.165) is 22.3 Å². The average molecular weight is 573 g/mol. The van der Waals surface area contributed by atoms with Crippen LogP contribution in [0.3, 0.4) is 0 Å². The van der Waals surface area contributed by atoms with Crippen LogP contribution in [0.5, 0.6) is 11.5 Å². The lowest BCUT2D eigenvalue weighted by Gasteiger charge is -2.14. The van der Waals surface area contributed by atoms with Crippen molar-refractivity contribution < 1.29 is 19.1 Å². The van der Waals surface area contributed by atoms with Crippen LogP contribution in [0.4, 0.5) is 11.4 Å². The summed E-state index contributed by atoms with van der Waals surface area (Å²) in [6, 6.07) is 25.4. The molecular weight excluding hydrogens is 547 g/mol. The Kier molecular flexibility index (Phi) is 9.62. The minimum absolute atomic E-state index is 0.323. The molecule has 0 fully saturated rings. The molecule has 0 radical (unpaired) electrons. The Balaban J connectivity index is 1.48. The highest BCUT2D eigenvalue weighted by molar-refractivity contribution is 6.32. The molecule has 6 nitrogen and oxygen atoms in total. The molecule has 2 amide bonds. The maximum absolute atomic E-state index is 12.5. The van der Waals surface area contributed by atoms with Gasteiger partial charge in [0.05, 0.1) is 25.6 Å². The Hall–Kier alpha value is -4.52. The molecule has 0 aliphatic carbocycles. The van der Waals surface area contributed by atoms with Crippen LogP contribution in [-0.4, -0.2) is 26.0 Å². The third-order valence-electron chi connectivity index (χ3n) is 5.89. The molecule has 8 heteroatoms. The molecule has 4 aromatic rings. The first-order valence-electron chi connectivity index (χ1n) is 12.2. The number of anilines is 2. The standard InChI is InChI=1S/C32H26Cl2N2O4/c1-39-29-19-23(11-15-27(29)35-31(37)17-13-21-7-3-5-9-25(21)33)24-12-16-28(30(20-24)40-2)36-32(38)18-14-22-8-4-6-10-26(22)34/h3-20H,1-2H3,(H,35,37)(H,36,38)/b17-13+,18-14+. The van der Waals surface area contributed by atoms with Crippen molar-refractivity contribution in [3.05, 3.63) is 118 Å². The maximum atomic E-state index is 12.5. The molecule has 0 aliphatic heterocycles. The molecular formula is C32H26Cl2N2O4. The lowest BCUT2D eigenvalue weighted by molar-refractivity contribution is -0.112. The highest BCUT2D eigenvalue weighted by Gasteiger charge is 2.12. The van der Waals surface area contributed by atoms with Gasteiger partial charge in [0.2, 0.25) is 11.8 Å². The summed E-state index contributed by atoms with van der Waals surface area (Å²) in [4.78, 5) is 25.0. The second-order valence-electron chi connectivity index (χ2n) is 8.52. The summed E-state index contributed by atoms with van der Waals surface area (Å²) in [6.07, 6.45) is 6.13. The van der Waals surface area contributed by atoms with Crippen LogP contribution in [0.15, 0.2) is 97.1 Å². The number of carbonyl (C=O) groups is 2. The summed E-state index contributed by atoms with van der Waals surface area (Å²) in [5, 5.41) is 6.78. The van der Waals surface area contributed by atoms with Crippen LogP contribution in [0, 0.1) is 0 Å². The summed E-state index contributed by atoms with van der Waals surface area (Å²) < 4.78 is 11.1. The van der Waals surface area contributed by atoms with E-state index in [9.17, 15) is 9.59 Å². The zero-order chi connectivity index (χ0) is 28.5. The molecule has 0 aromatic heterocycles. The van der Waals surface area contributed by atoms with Gasteiger partial charge in [-0.15, -0.1) is 0 Å². The monoisotopic (exact) mass is 572 g/mol. The van der Waals surface area contributed by atoms with Gasteiger partial charge in [-0.3, -0.25) is 9.59 Å². The summed E-state index contributed by atoms with van der Waals surface area (Å²) in [5.41, 5.74) is 4.17. The van der Waals surface area contributed by atoms with Crippen molar-refractivity contribution in [2.45, 2.75) is 0 Å². The second-order valence-corrected chi connectivity index (χ2v) is 9.33. The molecule has 202 valence electrons. The number of hydrogen-bond donors (Lipinski definition) is 2. The fourth-order valence-corrected chi connectivity index (χ4v) is 4.25. The van der Waals surface area contributed by atoms with E-state index in [1.165, 1.54) is 26.4 Å². The predicted molar refractivity (Wildman–Crippen MR) is 163 cm³/mol. The van der Waals surface area contributed by atoms with Crippen LogP contribution < -0.4 is 20.1 Å². The Morgan fingerprint density at radius 2 is 1.02 bits per heavy atom. The highest BCUT2D eigenvalue weighted by Crippen LogP contribution is 2.35. The summed E-state index contributed by atoms with van der Waals surface area (Å²) in [5.74, 6) is 0.323. The van der Waals surface area contributed by atoms with Crippen molar-refractivity contribution >= 4 is 58.5 Å². The van der Waals surface area contributed by atoms with Crippen molar-refractivity contribution in [1.82, 2.24) is 0 Å². The van der Waals surface area contributed by atoms with Gasteiger partial charge < -0.3 is 20.1 Å². The molecule has 0 bridgehead atoms. The number of hydrogen-bond acceptors (Lipinski definition) is 4. The van der Waals surface area contributed by atoms with E-state index in [4.69, 9.17) is 32.7 Å². The molecule has 0 saturated heterocycles. The van der Waals surface area contributed by atoms with E-state index in [2.05, 4.69) is 10.6 Å². The molecule has 0 saturated carbocycles. The second kappa shape index (κ2) is 13.5. The van der Waals surface area contributed by atoms with Crippen LogP contribution in [0.2, 0.25) is 10.0 Å². The number of ether oxygens (including phenoxy) is 2. The molecule has 4 rings (SSSR count). The van der Waals surface area contributed by atoms with Crippen molar-refractivity contribution in [1.29, 1.82) is 0 Å². The van der Waals surface area contributed by atoms with Crippen molar-refractivity contribution in [2.75, 3.05) is 24.9 Å². The van der Waals surface area contributed by atoms with Crippen LogP contribution >= 0.6 is 23.2 Å². The van der Waals surface area contributed by atoms with Gasteiger partial charge >= 0.3 is 0 Å². The molecule has 0 unspecified atom stereocenters. The topological polar surface area (TPSA) is 76.7 Å². The lowest BCUT2D eigenvalue weighted by atomic mass is 10.0. The first-order valence-corrected chi connectivity index (χ1v) is 13.0. The van der Waals surface area contributed by atoms with Gasteiger partial charge in [0.15, 0.2) is 0 Å². The number of halogens is 2.